The largest absolute Gasteiger partial charge is 0.481 e. The summed E-state index contributed by atoms with van der Waals surface area (Å²) >= 11 is 0. The van der Waals surface area contributed by atoms with Gasteiger partial charge in [-0.3, -0.25) is 9.59 Å². The molecule has 0 aliphatic heterocycles. The van der Waals surface area contributed by atoms with Crippen molar-refractivity contribution in [1.29, 1.82) is 0 Å². The zero-order valence-corrected chi connectivity index (χ0v) is 7.27. The van der Waals surface area contributed by atoms with Gasteiger partial charge in [0.2, 0.25) is 0 Å². The smallest absolute Gasteiger partial charge is 0.300 e. The molecule has 0 unspecified atom stereocenters. The van der Waals surface area contributed by atoms with Gasteiger partial charge in [0.1, 0.15) is 0 Å². The summed E-state index contributed by atoms with van der Waals surface area (Å²) in [5.74, 6) is -1.67. The molecule has 0 aromatic rings. The van der Waals surface area contributed by atoms with Gasteiger partial charge < -0.3 is 21.2 Å². The predicted octanol–water partition coefficient (Wildman–Crippen LogP) is -1.47. The molecule has 0 amide bonds. The molecule has 11 heavy (non-hydrogen) atoms. The van der Waals surface area contributed by atoms with Crippen molar-refractivity contribution in [1.82, 2.24) is 0 Å². The molecule has 0 atom stereocenters. The fourth-order valence-electron chi connectivity index (χ4n) is 0. The van der Waals surface area contributed by atoms with Crippen molar-refractivity contribution < 1.29 is 47.8 Å². The van der Waals surface area contributed by atoms with Crippen molar-refractivity contribution in [2.24, 2.45) is 0 Å². The minimum atomic E-state index is -0.833. The van der Waals surface area contributed by atoms with Gasteiger partial charge in [0.15, 0.2) is 0 Å². The third kappa shape index (κ3) is 1330. The number of hydrogen-bond acceptors (Lipinski definition) is 2. The first kappa shape index (κ1) is 31.6. The van der Waals surface area contributed by atoms with Crippen LogP contribution in [0.4, 0.5) is 0 Å². The normalized spacial score (nSPS) is 4.55. The average molecular weight is 211 g/mol. The van der Waals surface area contributed by atoms with Crippen LogP contribution in [-0.2, 0) is 26.7 Å². The van der Waals surface area contributed by atoms with Gasteiger partial charge in [-0.15, -0.1) is 0 Å². The van der Waals surface area contributed by atoms with Gasteiger partial charge in [0.05, 0.1) is 0 Å². The van der Waals surface area contributed by atoms with Crippen LogP contribution in [0.2, 0.25) is 0 Å². The van der Waals surface area contributed by atoms with Crippen LogP contribution < -0.4 is 0 Å². The molecule has 0 saturated carbocycles. The minimum Gasteiger partial charge on any atom is -0.481 e. The molecule has 71 valence electrons. The number of hydrogen-bond donors (Lipinski definition) is 2. The van der Waals surface area contributed by atoms with Crippen molar-refractivity contribution in [2.75, 3.05) is 0 Å². The Balaban J connectivity index is -0.0000000171. The first-order valence-electron chi connectivity index (χ1n) is 1.86. The molecule has 6 nitrogen and oxygen atoms in total. The van der Waals surface area contributed by atoms with Crippen molar-refractivity contribution in [3.8, 4) is 0 Å². The van der Waals surface area contributed by atoms with Gasteiger partial charge in [-0.25, -0.2) is 0 Å². The molecule has 0 saturated heterocycles. The summed E-state index contributed by atoms with van der Waals surface area (Å²) in [5, 5.41) is 14.8. The van der Waals surface area contributed by atoms with Crippen LogP contribution in [-0.4, -0.2) is 33.1 Å². The first-order chi connectivity index (χ1) is 3.46. The topological polar surface area (TPSA) is 138 Å². The molecular weight excluding hydrogens is 199 g/mol. The van der Waals surface area contributed by atoms with E-state index in [9.17, 15) is 0 Å². The molecule has 0 fully saturated rings. The zero-order valence-electron chi connectivity index (χ0n) is 6.09. The Kier molecular flexibility index (Phi) is 65.3. The Labute approximate surface area is 74.3 Å². The Bertz CT molecular complexity index is 72.6. The molecular formula is C4H12MnO6. The van der Waals surface area contributed by atoms with Crippen LogP contribution in [0.5, 0.6) is 0 Å². The SMILES string of the molecule is CC(=O)O.CC(=O)O.O.O.[Mn]. The molecule has 7 heteroatoms. The summed E-state index contributed by atoms with van der Waals surface area (Å²) in [7, 11) is 0. The summed E-state index contributed by atoms with van der Waals surface area (Å²) in [6, 6.07) is 0. The van der Waals surface area contributed by atoms with E-state index in [1.165, 1.54) is 0 Å². The fraction of sp³-hybridized carbons (Fsp3) is 0.500. The first-order valence-corrected chi connectivity index (χ1v) is 1.86. The molecule has 0 aliphatic rings. The number of aliphatic carboxylic acids is 2. The second-order valence-corrected chi connectivity index (χ2v) is 1.04. The number of carboxylic acids is 2. The van der Waals surface area contributed by atoms with E-state index in [1.807, 2.05) is 0 Å². The van der Waals surface area contributed by atoms with Crippen molar-refractivity contribution in [2.45, 2.75) is 13.8 Å². The summed E-state index contributed by atoms with van der Waals surface area (Å²) in [5.41, 5.74) is 0. The summed E-state index contributed by atoms with van der Waals surface area (Å²) in [6.45, 7) is 2.17. The Morgan fingerprint density at radius 3 is 0.909 bits per heavy atom. The molecule has 0 rings (SSSR count). The average Bonchev–Trinajstić information content (AvgIpc) is 1.25. The van der Waals surface area contributed by atoms with E-state index in [0.717, 1.165) is 13.8 Å². The van der Waals surface area contributed by atoms with Gasteiger partial charge in [0, 0.05) is 30.9 Å². The van der Waals surface area contributed by atoms with Crippen LogP contribution >= 0.6 is 0 Å². The molecule has 0 aromatic heterocycles. The quantitative estimate of drug-likeness (QED) is 0.472. The van der Waals surface area contributed by atoms with E-state index in [4.69, 9.17) is 19.8 Å². The van der Waals surface area contributed by atoms with Crippen molar-refractivity contribution in [3.05, 3.63) is 0 Å². The summed E-state index contributed by atoms with van der Waals surface area (Å²) in [6.07, 6.45) is 0. The van der Waals surface area contributed by atoms with Crippen LogP contribution in [0.3, 0.4) is 0 Å². The maximum Gasteiger partial charge on any atom is 0.300 e. The van der Waals surface area contributed by atoms with Crippen LogP contribution in [0, 0.1) is 0 Å². The van der Waals surface area contributed by atoms with E-state index < -0.39 is 11.9 Å². The second-order valence-electron chi connectivity index (χ2n) is 1.04. The van der Waals surface area contributed by atoms with Gasteiger partial charge >= 0.3 is 0 Å². The van der Waals surface area contributed by atoms with E-state index >= 15 is 0 Å². The predicted molar refractivity (Wildman–Crippen MR) is 33.8 cm³/mol. The van der Waals surface area contributed by atoms with Crippen LogP contribution in [0.15, 0.2) is 0 Å². The second kappa shape index (κ2) is 22.8. The molecule has 1 radical (unpaired) electrons. The Hall–Kier alpha value is -0.621. The van der Waals surface area contributed by atoms with Crippen LogP contribution in [0.1, 0.15) is 13.8 Å². The molecule has 0 spiro atoms. The monoisotopic (exact) mass is 211 g/mol. The van der Waals surface area contributed by atoms with Gasteiger partial charge in [-0.1, -0.05) is 0 Å². The van der Waals surface area contributed by atoms with Crippen molar-refractivity contribution >= 4 is 11.9 Å². The molecule has 6 N–H and O–H groups in total. The molecule has 0 heterocycles. The van der Waals surface area contributed by atoms with Crippen molar-refractivity contribution in [3.63, 3.8) is 0 Å². The van der Waals surface area contributed by atoms with Gasteiger partial charge in [-0.2, -0.15) is 0 Å². The van der Waals surface area contributed by atoms with Gasteiger partial charge in [0.25, 0.3) is 11.9 Å². The number of rotatable bonds is 0. The van der Waals surface area contributed by atoms with E-state index in [2.05, 4.69) is 0 Å². The third-order valence-electron chi connectivity index (χ3n) is 0. The fourth-order valence-corrected chi connectivity index (χ4v) is 0. The molecule has 0 aliphatic carbocycles. The van der Waals surface area contributed by atoms with E-state index in [-0.39, 0.29) is 28.0 Å². The number of carboxylic acid groups (broad SMARTS) is 2. The van der Waals surface area contributed by atoms with Gasteiger partial charge in [-0.05, 0) is 0 Å². The maximum atomic E-state index is 9.00. The molecule has 0 bridgehead atoms. The molecule has 0 aromatic carbocycles. The Morgan fingerprint density at radius 1 is 0.909 bits per heavy atom. The van der Waals surface area contributed by atoms with Crippen LogP contribution in [0.25, 0.3) is 0 Å². The van der Waals surface area contributed by atoms with E-state index in [0.29, 0.717) is 0 Å². The van der Waals surface area contributed by atoms with E-state index in [1.54, 1.807) is 0 Å². The minimum absolute atomic E-state index is 0. The standard InChI is InChI=1S/2C2H4O2.Mn.2H2O/c2*1-2(3)4;;;/h2*1H3,(H,3,4);;2*1H2. The summed E-state index contributed by atoms with van der Waals surface area (Å²) < 4.78 is 0. The number of carbonyl (C=O) groups is 2. The maximum absolute atomic E-state index is 9.00. The Morgan fingerprint density at radius 2 is 0.909 bits per heavy atom. The zero-order chi connectivity index (χ0) is 7.15. The summed E-state index contributed by atoms with van der Waals surface area (Å²) in [4.78, 5) is 18.0. The third-order valence-corrected chi connectivity index (χ3v) is 0.